The van der Waals surface area contributed by atoms with Gasteiger partial charge in [0.1, 0.15) is 5.82 Å². The molecule has 124 valence electrons. The molecule has 0 aliphatic heterocycles. The van der Waals surface area contributed by atoms with Gasteiger partial charge in [0.2, 0.25) is 11.7 Å². The van der Waals surface area contributed by atoms with Crippen molar-refractivity contribution < 1.29 is 27.1 Å². The van der Waals surface area contributed by atoms with Crippen LogP contribution in [-0.2, 0) is 15.7 Å². The number of carbonyl (C=O) groups is 1. The minimum Gasteiger partial charge on any atom is -0.384 e. The molecule has 0 saturated heterocycles. The van der Waals surface area contributed by atoms with E-state index in [-0.39, 0.29) is 29.7 Å². The van der Waals surface area contributed by atoms with Crippen molar-refractivity contribution in [3.05, 3.63) is 29.8 Å². The Morgan fingerprint density at radius 2 is 2.04 bits per heavy atom. The number of nitrogens with one attached hydrogen (secondary N) is 2. The van der Waals surface area contributed by atoms with Crippen LogP contribution < -0.4 is 10.9 Å². The first-order valence-electron chi connectivity index (χ1n) is 6.39. The summed E-state index contributed by atoms with van der Waals surface area (Å²) in [5, 5.41) is 0.00467. The molecule has 0 radical (unpaired) electrons. The van der Waals surface area contributed by atoms with Gasteiger partial charge in [0.15, 0.2) is 5.82 Å². The van der Waals surface area contributed by atoms with Crippen molar-refractivity contribution in [3.63, 3.8) is 0 Å². The van der Waals surface area contributed by atoms with E-state index < -0.39 is 23.7 Å². The third-order valence-electron chi connectivity index (χ3n) is 2.76. The second-order valence-electron chi connectivity index (χ2n) is 4.47. The van der Waals surface area contributed by atoms with Gasteiger partial charge in [-0.3, -0.25) is 15.6 Å². The number of amides is 1. The summed E-state index contributed by atoms with van der Waals surface area (Å²) < 4.78 is 56.4. The molecule has 2 aromatic rings. The zero-order valence-corrected chi connectivity index (χ0v) is 11.9. The van der Waals surface area contributed by atoms with E-state index in [1.165, 1.54) is 7.11 Å². The lowest BCUT2D eigenvalue weighted by Crippen LogP contribution is -2.31. The van der Waals surface area contributed by atoms with Crippen LogP contribution in [0.1, 0.15) is 12.2 Å². The number of alkyl halides is 3. The average Bonchev–Trinajstić information content (AvgIpc) is 2.49. The number of ether oxygens (including phenoxy) is 1. The van der Waals surface area contributed by atoms with E-state index >= 15 is 0 Å². The summed E-state index contributed by atoms with van der Waals surface area (Å²) in [6.45, 7) is 0.139. The number of aromatic nitrogens is 2. The fourth-order valence-corrected chi connectivity index (χ4v) is 1.71. The first-order chi connectivity index (χ1) is 10.8. The van der Waals surface area contributed by atoms with Crippen molar-refractivity contribution in [3.8, 4) is 0 Å². The summed E-state index contributed by atoms with van der Waals surface area (Å²) in [7, 11) is 1.40. The predicted octanol–water partition coefficient (Wildman–Crippen LogP) is 2.27. The topological polar surface area (TPSA) is 76.1 Å². The lowest BCUT2D eigenvalue weighted by Gasteiger charge is -2.13. The molecule has 1 amide bonds. The molecule has 0 spiro atoms. The number of anilines is 1. The zero-order chi connectivity index (χ0) is 17.0. The molecular formula is C13H12F4N4O2. The van der Waals surface area contributed by atoms with Gasteiger partial charge >= 0.3 is 6.18 Å². The van der Waals surface area contributed by atoms with E-state index in [4.69, 9.17) is 4.74 Å². The molecule has 0 aliphatic rings. The summed E-state index contributed by atoms with van der Waals surface area (Å²) in [5.41, 5.74) is 4.33. The molecule has 2 N–H and O–H groups in total. The maximum atomic E-state index is 13.3. The molecule has 0 fully saturated rings. The number of carbonyl (C=O) groups excluding carboxylic acids is 1. The van der Waals surface area contributed by atoms with Crippen molar-refractivity contribution in [2.24, 2.45) is 0 Å². The van der Waals surface area contributed by atoms with Crippen LogP contribution >= 0.6 is 0 Å². The number of hydrazine groups is 1. The Kier molecular flexibility index (Phi) is 4.94. The summed E-state index contributed by atoms with van der Waals surface area (Å²) in [4.78, 5) is 18.1. The van der Waals surface area contributed by atoms with Gasteiger partial charge in [-0.1, -0.05) is 0 Å². The van der Waals surface area contributed by atoms with E-state index in [0.717, 1.165) is 18.2 Å². The summed E-state index contributed by atoms with van der Waals surface area (Å²) in [6.07, 6.45) is -4.79. The maximum absolute atomic E-state index is 13.3. The molecule has 0 unspecified atom stereocenters. The number of benzene rings is 1. The summed E-state index contributed by atoms with van der Waals surface area (Å²) >= 11 is 0. The Morgan fingerprint density at radius 3 is 2.70 bits per heavy atom. The average molecular weight is 332 g/mol. The fourth-order valence-electron chi connectivity index (χ4n) is 1.71. The van der Waals surface area contributed by atoms with Gasteiger partial charge in [-0.15, -0.1) is 0 Å². The van der Waals surface area contributed by atoms with Gasteiger partial charge in [0.25, 0.3) is 0 Å². The van der Waals surface area contributed by atoms with Gasteiger partial charge in [-0.2, -0.15) is 13.2 Å². The Labute approximate surface area is 127 Å². The first-order valence-corrected chi connectivity index (χ1v) is 6.39. The van der Waals surface area contributed by atoms with Gasteiger partial charge in [-0.05, 0) is 18.2 Å². The molecule has 0 bridgehead atoms. The zero-order valence-electron chi connectivity index (χ0n) is 11.9. The van der Waals surface area contributed by atoms with Crippen LogP contribution in [0.3, 0.4) is 0 Å². The van der Waals surface area contributed by atoms with Crippen LogP contribution in [0.2, 0.25) is 0 Å². The quantitative estimate of drug-likeness (QED) is 0.649. The highest BCUT2D eigenvalue weighted by molar-refractivity contribution is 5.90. The number of methoxy groups -OCH3 is 1. The minimum absolute atomic E-state index is 0.00467. The van der Waals surface area contributed by atoms with E-state index in [0.29, 0.717) is 0 Å². The molecule has 23 heavy (non-hydrogen) atoms. The Balaban J connectivity index is 2.35. The van der Waals surface area contributed by atoms with Crippen molar-refractivity contribution in [2.75, 3.05) is 19.1 Å². The van der Waals surface area contributed by atoms with Gasteiger partial charge < -0.3 is 4.74 Å². The first kappa shape index (κ1) is 16.9. The molecule has 0 aliphatic carbocycles. The van der Waals surface area contributed by atoms with E-state index in [1.807, 2.05) is 0 Å². The van der Waals surface area contributed by atoms with E-state index in [2.05, 4.69) is 20.8 Å². The number of hydrogen-bond donors (Lipinski definition) is 2. The lowest BCUT2D eigenvalue weighted by molar-refractivity contribution is -0.144. The van der Waals surface area contributed by atoms with Crippen molar-refractivity contribution in [1.29, 1.82) is 0 Å². The third kappa shape index (κ3) is 4.25. The second kappa shape index (κ2) is 6.73. The molecule has 1 aromatic carbocycles. The van der Waals surface area contributed by atoms with E-state index in [1.54, 1.807) is 0 Å². The van der Waals surface area contributed by atoms with Crippen molar-refractivity contribution in [1.82, 2.24) is 15.4 Å². The molecular weight excluding hydrogens is 320 g/mol. The summed E-state index contributed by atoms with van der Waals surface area (Å²) in [5.74, 6) is -2.95. The molecule has 0 atom stereocenters. The van der Waals surface area contributed by atoms with Crippen LogP contribution in [0, 0.1) is 5.82 Å². The van der Waals surface area contributed by atoms with Crippen LogP contribution in [0.15, 0.2) is 18.2 Å². The van der Waals surface area contributed by atoms with Gasteiger partial charge in [0.05, 0.1) is 18.5 Å². The van der Waals surface area contributed by atoms with Crippen molar-refractivity contribution in [2.45, 2.75) is 12.6 Å². The Hall–Kier alpha value is -2.49. The van der Waals surface area contributed by atoms with Crippen molar-refractivity contribution >= 4 is 22.6 Å². The number of hydrogen-bond acceptors (Lipinski definition) is 5. The predicted molar refractivity (Wildman–Crippen MR) is 72.8 cm³/mol. The van der Waals surface area contributed by atoms with Crippen LogP contribution in [0.25, 0.3) is 10.9 Å². The third-order valence-corrected chi connectivity index (χ3v) is 2.76. The van der Waals surface area contributed by atoms with Crippen LogP contribution in [0.5, 0.6) is 0 Å². The van der Waals surface area contributed by atoms with Gasteiger partial charge in [0, 0.05) is 12.5 Å². The number of rotatable bonds is 5. The van der Waals surface area contributed by atoms with E-state index in [9.17, 15) is 22.4 Å². The normalized spacial score (nSPS) is 11.5. The smallest absolute Gasteiger partial charge is 0.384 e. The second-order valence-corrected chi connectivity index (χ2v) is 4.47. The minimum atomic E-state index is -4.78. The fraction of sp³-hybridized carbons (Fsp3) is 0.308. The maximum Gasteiger partial charge on any atom is 0.451 e. The molecule has 6 nitrogen and oxygen atoms in total. The monoisotopic (exact) mass is 332 g/mol. The summed E-state index contributed by atoms with van der Waals surface area (Å²) in [6, 6.07) is 3.05. The highest BCUT2D eigenvalue weighted by atomic mass is 19.4. The molecule has 0 saturated carbocycles. The Morgan fingerprint density at radius 1 is 1.30 bits per heavy atom. The standard InChI is InChI=1S/C13H12F4N4O2/c1-23-5-4-10(22)20-21-11-8-6-7(14)2-3-9(8)18-12(19-11)13(15,16)17/h2-3,6H,4-5H2,1H3,(H,20,22)(H,18,19,21). The number of halogens is 4. The number of fused-ring (bicyclic) bond motifs is 1. The molecule has 10 heteroatoms. The molecule has 2 rings (SSSR count). The highest BCUT2D eigenvalue weighted by Gasteiger charge is 2.35. The largest absolute Gasteiger partial charge is 0.451 e. The SMILES string of the molecule is COCCC(=O)NNc1nc(C(F)(F)F)nc2ccc(F)cc12. The van der Waals surface area contributed by atoms with Crippen LogP contribution in [0.4, 0.5) is 23.4 Å². The lowest BCUT2D eigenvalue weighted by atomic mass is 10.2. The molecule has 1 aromatic heterocycles. The number of nitrogens with zero attached hydrogens (tertiary/aromatic N) is 2. The van der Waals surface area contributed by atoms with Crippen LogP contribution in [-0.4, -0.2) is 29.6 Å². The van der Waals surface area contributed by atoms with Gasteiger partial charge in [-0.25, -0.2) is 14.4 Å². The highest BCUT2D eigenvalue weighted by Crippen LogP contribution is 2.30. The Bertz CT molecular complexity index is 721. The molecule has 1 heterocycles.